The molecule has 3 nitrogen and oxygen atoms in total. The van der Waals surface area contributed by atoms with Gasteiger partial charge in [-0.05, 0) is 42.8 Å². The minimum atomic E-state index is -4.49. The number of benzene rings is 1. The van der Waals surface area contributed by atoms with Crippen LogP contribution in [0.25, 0.3) is 0 Å². The van der Waals surface area contributed by atoms with Crippen LogP contribution in [0.1, 0.15) is 23.6 Å². The maximum atomic E-state index is 12.5. The smallest absolute Gasteiger partial charge is 0.446 e. The van der Waals surface area contributed by atoms with Crippen LogP contribution in [0.5, 0.6) is 0 Å². The molecular weight excluding hydrogens is 291 g/mol. The Balaban J connectivity index is 3.18. The summed E-state index contributed by atoms with van der Waals surface area (Å²) in [5, 5.41) is 9.05. The number of aryl methyl sites for hydroxylation is 1. The van der Waals surface area contributed by atoms with E-state index in [1.54, 1.807) is 19.9 Å². The molecule has 7 heteroatoms. The SMILES string of the molecule is CCOC(=O)Cc1cc(C)cc(SC(F)(F)F)c1C#N. The third-order valence-electron chi connectivity index (χ3n) is 2.31. The van der Waals surface area contributed by atoms with Crippen LogP contribution in [0, 0.1) is 18.3 Å². The molecule has 0 radical (unpaired) electrons. The minimum absolute atomic E-state index is 0.133. The largest absolute Gasteiger partial charge is 0.466 e. The summed E-state index contributed by atoms with van der Waals surface area (Å²) in [6.45, 7) is 3.41. The number of thioether (sulfide) groups is 1. The molecule has 1 aromatic rings. The lowest BCUT2D eigenvalue weighted by atomic mass is 10.0. The van der Waals surface area contributed by atoms with Gasteiger partial charge in [0.1, 0.15) is 6.07 Å². The molecule has 0 unspecified atom stereocenters. The molecule has 0 amide bonds. The van der Waals surface area contributed by atoms with Crippen molar-refractivity contribution < 1.29 is 22.7 Å². The first-order valence-electron chi connectivity index (χ1n) is 5.71. The van der Waals surface area contributed by atoms with Gasteiger partial charge in [0.15, 0.2) is 0 Å². The summed E-state index contributed by atoms with van der Waals surface area (Å²) < 4.78 is 42.1. The maximum absolute atomic E-state index is 12.5. The van der Waals surface area contributed by atoms with Gasteiger partial charge in [0, 0.05) is 4.90 Å². The second-order valence-corrected chi connectivity index (χ2v) is 5.05. The monoisotopic (exact) mass is 303 g/mol. The fourth-order valence-electron chi connectivity index (χ4n) is 1.66. The third kappa shape index (κ3) is 4.78. The van der Waals surface area contributed by atoms with Crippen LogP contribution >= 0.6 is 11.8 Å². The van der Waals surface area contributed by atoms with Gasteiger partial charge in [0.2, 0.25) is 0 Å². The molecular formula is C13H12F3NO2S. The highest BCUT2D eigenvalue weighted by atomic mass is 32.2. The van der Waals surface area contributed by atoms with E-state index in [2.05, 4.69) is 0 Å². The number of carbonyl (C=O) groups excluding carboxylic acids is 1. The van der Waals surface area contributed by atoms with Crippen LogP contribution in [0.4, 0.5) is 13.2 Å². The van der Waals surface area contributed by atoms with Gasteiger partial charge < -0.3 is 4.74 Å². The summed E-state index contributed by atoms with van der Waals surface area (Å²) in [4.78, 5) is 11.2. The molecule has 0 aliphatic heterocycles. The van der Waals surface area contributed by atoms with Gasteiger partial charge in [-0.1, -0.05) is 6.07 Å². The van der Waals surface area contributed by atoms with Gasteiger partial charge in [0.05, 0.1) is 18.6 Å². The van der Waals surface area contributed by atoms with E-state index in [4.69, 9.17) is 10.00 Å². The van der Waals surface area contributed by atoms with E-state index in [1.807, 2.05) is 0 Å². The minimum Gasteiger partial charge on any atom is -0.466 e. The number of halogens is 3. The molecule has 0 N–H and O–H groups in total. The number of alkyl halides is 3. The molecule has 0 bridgehead atoms. The summed E-state index contributed by atoms with van der Waals surface area (Å²) in [5.41, 5.74) is -3.82. The zero-order valence-corrected chi connectivity index (χ0v) is 11.7. The quantitative estimate of drug-likeness (QED) is 0.630. The number of rotatable bonds is 4. The Hall–Kier alpha value is -1.68. The van der Waals surface area contributed by atoms with Gasteiger partial charge in [-0.25, -0.2) is 0 Å². The summed E-state index contributed by atoms with van der Waals surface area (Å²) in [5.74, 6) is -0.572. The van der Waals surface area contributed by atoms with E-state index in [1.165, 1.54) is 12.1 Å². The highest BCUT2D eigenvalue weighted by Gasteiger charge is 2.31. The van der Waals surface area contributed by atoms with Crippen molar-refractivity contribution in [3.8, 4) is 6.07 Å². The van der Waals surface area contributed by atoms with E-state index in [0.717, 1.165) is 0 Å². The Morgan fingerprint density at radius 3 is 2.60 bits per heavy atom. The number of carbonyl (C=O) groups is 1. The summed E-state index contributed by atoms with van der Waals surface area (Å²) in [6.07, 6.45) is -0.218. The Labute approximate surface area is 118 Å². The Kier molecular flexibility index (Phi) is 5.45. The van der Waals surface area contributed by atoms with Crippen LogP contribution in [0.2, 0.25) is 0 Å². The topological polar surface area (TPSA) is 50.1 Å². The standard InChI is InChI=1S/C13H12F3NO2S/c1-3-19-12(18)6-9-4-8(2)5-11(10(9)7-17)20-13(14,15)16/h4-5H,3,6H2,1-2H3. The van der Waals surface area contributed by atoms with Crippen LogP contribution in [0.15, 0.2) is 17.0 Å². The summed E-state index contributed by atoms with van der Waals surface area (Å²) >= 11 is -0.354. The van der Waals surface area contributed by atoms with E-state index in [0.29, 0.717) is 5.56 Å². The number of hydrogen-bond donors (Lipinski definition) is 0. The van der Waals surface area contributed by atoms with E-state index >= 15 is 0 Å². The van der Waals surface area contributed by atoms with Gasteiger partial charge in [-0.3, -0.25) is 4.79 Å². The van der Waals surface area contributed by atoms with Crippen molar-refractivity contribution in [3.63, 3.8) is 0 Å². The summed E-state index contributed by atoms with van der Waals surface area (Å²) in [6, 6.07) is 4.54. The lowest BCUT2D eigenvalue weighted by Crippen LogP contribution is -2.10. The van der Waals surface area contributed by atoms with Crippen LogP contribution in [-0.2, 0) is 16.0 Å². The molecule has 0 aliphatic rings. The predicted molar refractivity (Wildman–Crippen MR) is 68.1 cm³/mol. The molecule has 20 heavy (non-hydrogen) atoms. The first-order chi connectivity index (χ1) is 9.26. The van der Waals surface area contributed by atoms with Crippen LogP contribution in [0.3, 0.4) is 0 Å². The van der Waals surface area contributed by atoms with Gasteiger partial charge in [0.25, 0.3) is 0 Å². The van der Waals surface area contributed by atoms with Crippen molar-refractivity contribution in [2.75, 3.05) is 6.61 Å². The number of hydrogen-bond acceptors (Lipinski definition) is 4. The Morgan fingerprint density at radius 1 is 1.45 bits per heavy atom. The van der Waals surface area contributed by atoms with Crippen molar-refractivity contribution in [3.05, 3.63) is 28.8 Å². The molecule has 0 spiro atoms. The lowest BCUT2D eigenvalue weighted by Gasteiger charge is -2.12. The molecule has 1 aromatic carbocycles. The van der Waals surface area contributed by atoms with Crippen LogP contribution < -0.4 is 0 Å². The van der Waals surface area contributed by atoms with Crippen LogP contribution in [-0.4, -0.2) is 18.1 Å². The zero-order chi connectivity index (χ0) is 15.3. The average molecular weight is 303 g/mol. The number of ether oxygens (including phenoxy) is 1. The van der Waals surface area contributed by atoms with E-state index in [-0.39, 0.29) is 40.8 Å². The van der Waals surface area contributed by atoms with Gasteiger partial charge in [-0.2, -0.15) is 18.4 Å². The number of nitriles is 1. The molecule has 0 aliphatic carbocycles. The third-order valence-corrected chi connectivity index (χ3v) is 3.08. The predicted octanol–water partition coefficient (Wildman–Crippen LogP) is 3.58. The fourth-order valence-corrected chi connectivity index (χ4v) is 2.44. The molecule has 0 saturated carbocycles. The second-order valence-electron chi connectivity index (χ2n) is 3.94. The Morgan fingerprint density at radius 2 is 2.10 bits per heavy atom. The average Bonchev–Trinajstić information content (AvgIpc) is 2.26. The highest BCUT2D eigenvalue weighted by molar-refractivity contribution is 8.00. The highest BCUT2D eigenvalue weighted by Crippen LogP contribution is 2.39. The molecule has 0 aromatic heterocycles. The molecule has 0 fully saturated rings. The second kappa shape index (κ2) is 6.66. The summed E-state index contributed by atoms with van der Waals surface area (Å²) in [7, 11) is 0. The first-order valence-corrected chi connectivity index (χ1v) is 6.53. The van der Waals surface area contributed by atoms with Crippen molar-refractivity contribution >= 4 is 17.7 Å². The Bertz CT molecular complexity index is 550. The maximum Gasteiger partial charge on any atom is 0.446 e. The molecule has 108 valence electrons. The molecule has 0 atom stereocenters. The van der Waals surface area contributed by atoms with Crippen molar-refractivity contribution in [1.29, 1.82) is 5.26 Å². The molecule has 1 rings (SSSR count). The van der Waals surface area contributed by atoms with Gasteiger partial charge in [-0.15, -0.1) is 0 Å². The van der Waals surface area contributed by atoms with Crippen molar-refractivity contribution in [2.24, 2.45) is 0 Å². The van der Waals surface area contributed by atoms with E-state index < -0.39 is 11.5 Å². The molecule has 0 saturated heterocycles. The molecule has 0 heterocycles. The van der Waals surface area contributed by atoms with Crippen molar-refractivity contribution in [2.45, 2.75) is 30.7 Å². The number of esters is 1. The van der Waals surface area contributed by atoms with Crippen molar-refractivity contribution in [1.82, 2.24) is 0 Å². The normalized spacial score (nSPS) is 11.0. The zero-order valence-electron chi connectivity index (χ0n) is 10.9. The fraction of sp³-hybridized carbons (Fsp3) is 0.385. The van der Waals surface area contributed by atoms with Gasteiger partial charge >= 0.3 is 11.5 Å². The van der Waals surface area contributed by atoms with E-state index in [9.17, 15) is 18.0 Å². The lowest BCUT2D eigenvalue weighted by molar-refractivity contribution is -0.142. The first kappa shape index (κ1) is 16.4. The number of nitrogens with zero attached hydrogens (tertiary/aromatic N) is 1.